The second-order valence-electron chi connectivity index (χ2n) is 11.1. The van der Waals surface area contributed by atoms with Crippen LogP contribution in [-0.4, -0.2) is 58.5 Å². The lowest BCUT2D eigenvalue weighted by atomic mass is 9.49. The van der Waals surface area contributed by atoms with Gasteiger partial charge in [-0.25, -0.2) is 4.98 Å². The van der Waals surface area contributed by atoms with Crippen molar-refractivity contribution in [3.63, 3.8) is 0 Å². The molecule has 166 valence electrons. The lowest BCUT2D eigenvalue weighted by Gasteiger charge is -2.60. The lowest BCUT2D eigenvalue weighted by molar-refractivity contribution is -0.202. The van der Waals surface area contributed by atoms with Gasteiger partial charge in [0.1, 0.15) is 11.3 Å². The molecule has 1 spiro atoms. The zero-order valence-electron chi connectivity index (χ0n) is 18.1. The largest absolute Gasteiger partial charge is 0.371 e. The molecule has 4 saturated carbocycles. The topological polar surface area (TPSA) is 84.4 Å². The molecule has 0 aromatic carbocycles. The van der Waals surface area contributed by atoms with Crippen LogP contribution < -0.4 is 5.32 Å². The minimum Gasteiger partial charge on any atom is -0.371 e. The summed E-state index contributed by atoms with van der Waals surface area (Å²) in [5, 5.41) is 2.95. The van der Waals surface area contributed by atoms with Crippen LogP contribution in [0.5, 0.6) is 0 Å². The molecule has 2 amide bonds. The Bertz CT molecular complexity index is 822. The fourth-order valence-corrected chi connectivity index (χ4v) is 7.57. The van der Waals surface area contributed by atoms with E-state index in [9.17, 15) is 9.59 Å². The smallest absolute Gasteiger partial charge is 0.271 e. The van der Waals surface area contributed by atoms with E-state index in [0.717, 1.165) is 62.9 Å². The van der Waals surface area contributed by atoms with Crippen molar-refractivity contribution in [3.05, 3.63) is 24.3 Å². The zero-order valence-corrected chi connectivity index (χ0v) is 18.1. The van der Waals surface area contributed by atoms with E-state index in [1.807, 2.05) is 0 Å². The number of nitrogens with one attached hydrogen (secondary N) is 1. The van der Waals surface area contributed by atoms with Gasteiger partial charge < -0.3 is 15.0 Å². The van der Waals surface area contributed by atoms with E-state index in [-0.39, 0.29) is 16.9 Å². The van der Waals surface area contributed by atoms with E-state index in [1.165, 1.54) is 31.7 Å². The third-order valence-electron chi connectivity index (χ3n) is 8.72. The van der Waals surface area contributed by atoms with Gasteiger partial charge >= 0.3 is 0 Å². The van der Waals surface area contributed by atoms with Crippen LogP contribution in [0, 0.1) is 29.1 Å². The number of ether oxygens (including phenoxy) is 1. The molecule has 0 unspecified atom stereocenters. The number of likely N-dealkylation sites (tertiary alicyclic amines) is 1. The number of rotatable bonds is 4. The summed E-state index contributed by atoms with van der Waals surface area (Å²) in [4.78, 5) is 35.7. The van der Waals surface area contributed by atoms with Crippen LogP contribution in [0.25, 0.3) is 0 Å². The van der Waals surface area contributed by atoms with Crippen molar-refractivity contribution < 1.29 is 14.3 Å². The first-order chi connectivity index (χ1) is 15.0. The SMILES string of the molecule is O=C(NC[C@H]1CCC2(CN(C(=O)C34CC5CC(CC(C5)C3)C4)C2)OC1)c1cnccn1. The van der Waals surface area contributed by atoms with Gasteiger partial charge in [-0.3, -0.25) is 14.6 Å². The molecule has 0 radical (unpaired) electrons. The second-order valence-corrected chi connectivity index (χ2v) is 11.1. The molecule has 2 aliphatic heterocycles. The highest BCUT2D eigenvalue weighted by molar-refractivity contribution is 5.91. The summed E-state index contributed by atoms with van der Waals surface area (Å²) in [5.74, 6) is 2.94. The quantitative estimate of drug-likeness (QED) is 0.803. The molecular formula is C24H32N4O3. The van der Waals surface area contributed by atoms with Crippen LogP contribution >= 0.6 is 0 Å². The maximum atomic E-state index is 13.5. The van der Waals surface area contributed by atoms with Crippen LogP contribution in [-0.2, 0) is 9.53 Å². The summed E-state index contributed by atoms with van der Waals surface area (Å²) in [7, 11) is 0. The van der Waals surface area contributed by atoms with Gasteiger partial charge in [-0.2, -0.15) is 0 Å². The molecule has 6 aliphatic rings. The van der Waals surface area contributed by atoms with Gasteiger partial charge in [-0.05, 0) is 75.0 Å². The van der Waals surface area contributed by atoms with Crippen LogP contribution in [0.1, 0.15) is 61.9 Å². The minimum absolute atomic E-state index is 0.0435. The van der Waals surface area contributed by atoms with E-state index in [0.29, 0.717) is 30.7 Å². The number of hydrogen-bond donors (Lipinski definition) is 1. The normalized spacial score (nSPS) is 37.5. The van der Waals surface area contributed by atoms with E-state index >= 15 is 0 Å². The molecule has 31 heavy (non-hydrogen) atoms. The van der Waals surface area contributed by atoms with Crippen molar-refractivity contribution in [2.75, 3.05) is 26.2 Å². The first-order valence-electron chi connectivity index (χ1n) is 12.0. The summed E-state index contributed by atoms with van der Waals surface area (Å²) >= 11 is 0. The second kappa shape index (κ2) is 7.26. The molecule has 1 N–H and O–H groups in total. The maximum absolute atomic E-state index is 13.5. The van der Waals surface area contributed by atoms with Crippen molar-refractivity contribution in [3.8, 4) is 0 Å². The molecule has 1 aromatic rings. The number of carbonyl (C=O) groups excluding carboxylic acids is 2. The maximum Gasteiger partial charge on any atom is 0.271 e. The number of carbonyl (C=O) groups is 2. The first kappa shape index (κ1) is 19.6. The molecule has 3 heterocycles. The average molecular weight is 425 g/mol. The Hall–Kier alpha value is -2.02. The monoisotopic (exact) mass is 424 g/mol. The van der Waals surface area contributed by atoms with Crippen LogP contribution in [0.15, 0.2) is 18.6 Å². The van der Waals surface area contributed by atoms with Crippen LogP contribution in [0.3, 0.4) is 0 Å². The summed E-state index contributed by atoms with van der Waals surface area (Å²) in [5.41, 5.74) is 0.148. The number of nitrogens with zero attached hydrogens (tertiary/aromatic N) is 3. The Morgan fingerprint density at radius 2 is 1.81 bits per heavy atom. The van der Waals surface area contributed by atoms with Crippen LogP contribution in [0.4, 0.5) is 0 Å². The van der Waals surface area contributed by atoms with Crippen molar-refractivity contribution in [2.45, 2.75) is 57.0 Å². The molecule has 7 rings (SSSR count). The van der Waals surface area contributed by atoms with Crippen molar-refractivity contribution in [2.24, 2.45) is 29.1 Å². The van der Waals surface area contributed by atoms with Gasteiger partial charge in [-0.1, -0.05) is 0 Å². The Morgan fingerprint density at radius 3 is 2.39 bits per heavy atom. The fourth-order valence-electron chi connectivity index (χ4n) is 7.57. The van der Waals surface area contributed by atoms with E-state index < -0.39 is 0 Å². The highest BCUT2D eigenvalue weighted by atomic mass is 16.5. The Labute approximate surface area is 183 Å². The molecule has 6 fully saturated rings. The lowest BCUT2D eigenvalue weighted by Crippen LogP contribution is -2.69. The van der Waals surface area contributed by atoms with Crippen molar-refractivity contribution in [1.29, 1.82) is 0 Å². The molecule has 4 aliphatic carbocycles. The van der Waals surface area contributed by atoms with Gasteiger partial charge in [0.25, 0.3) is 5.91 Å². The molecule has 1 aromatic heterocycles. The molecule has 4 bridgehead atoms. The summed E-state index contributed by atoms with van der Waals surface area (Å²) in [6, 6.07) is 0. The summed E-state index contributed by atoms with van der Waals surface area (Å²) in [6.07, 6.45) is 14.0. The Kier molecular flexibility index (Phi) is 4.60. The van der Waals surface area contributed by atoms with E-state index in [2.05, 4.69) is 20.2 Å². The highest BCUT2D eigenvalue weighted by Crippen LogP contribution is 2.61. The predicted molar refractivity (Wildman–Crippen MR) is 113 cm³/mol. The highest BCUT2D eigenvalue weighted by Gasteiger charge is 2.58. The summed E-state index contributed by atoms with van der Waals surface area (Å²) in [6.45, 7) is 2.74. The zero-order chi connectivity index (χ0) is 21.1. The van der Waals surface area contributed by atoms with Gasteiger partial charge in [-0.15, -0.1) is 0 Å². The molecule has 7 heteroatoms. The van der Waals surface area contributed by atoms with E-state index in [4.69, 9.17) is 4.74 Å². The first-order valence-corrected chi connectivity index (χ1v) is 12.0. The minimum atomic E-state index is -0.190. The standard InChI is InChI=1S/C24H32N4O3/c29-21(20-12-25-3-4-26-20)27-11-16-1-2-24(31-13-16)14-28(15-24)22(30)23-8-17-5-18(9-23)7-19(6-17)10-23/h3-4,12,16-19H,1-2,5-11,13-15H2,(H,27,29)/t16-,17?,18?,19?,23?/m1/s1. The van der Waals surface area contributed by atoms with Crippen LogP contribution in [0.2, 0.25) is 0 Å². The molecule has 1 atom stereocenters. The number of aromatic nitrogens is 2. The van der Waals surface area contributed by atoms with Gasteiger partial charge in [0.05, 0.1) is 31.3 Å². The average Bonchev–Trinajstić information content (AvgIpc) is 2.75. The molecule has 2 saturated heterocycles. The van der Waals surface area contributed by atoms with Crippen molar-refractivity contribution >= 4 is 11.8 Å². The molecular weight excluding hydrogens is 392 g/mol. The fraction of sp³-hybridized carbons (Fsp3) is 0.750. The Balaban J connectivity index is 0.992. The van der Waals surface area contributed by atoms with Gasteiger partial charge in [0.2, 0.25) is 5.91 Å². The third-order valence-corrected chi connectivity index (χ3v) is 8.72. The van der Waals surface area contributed by atoms with Crippen molar-refractivity contribution in [1.82, 2.24) is 20.2 Å². The van der Waals surface area contributed by atoms with E-state index in [1.54, 1.807) is 6.20 Å². The number of amides is 2. The Morgan fingerprint density at radius 1 is 1.10 bits per heavy atom. The number of hydrogen-bond acceptors (Lipinski definition) is 5. The predicted octanol–water partition coefficient (Wildman–Crippen LogP) is 2.43. The third kappa shape index (κ3) is 3.45. The summed E-state index contributed by atoms with van der Waals surface area (Å²) < 4.78 is 6.28. The molecule has 7 nitrogen and oxygen atoms in total. The van der Waals surface area contributed by atoms with Gasteiger partial charge in [0, 0.05) is 18.9 Å². The van der Waals surface area contributed by atoms with Gasteiger partial charge in [0.15, 0.2) is 0 Å².